The average Bonchev–Trinajstić information content (AvgIpc) is 2.01. The lowest BCUT2D eigenvalue weighted by Gasteiger charge is -2.18. The molecule has 0 saturated carbocycles. The van der Waals surface area contributed by atoms with E-state index in [1.807, 2.05) is 13.8 Å². The zero-order valence-corrected chi connectivity index (χ0v) is 9.62. The number of amides is 1. The number of hydrogen-bond acceptors (Lipinski definition) is 3. The van der Waals surface area contributed by atoms with Crippen LogP contribution in [-0.4, -0.2) is 29.0 Å². The third-order valence-corrected chi connectivity index (χ3v) is 2.60. The van der Waals surface area contributed by atoms with Gasteiger partial charge in [-0.15, -0.1) is 0 Å². The van der Waals surface area contributed by atoms with Gasteiger partial charge >= 0.3 is 8.03 Å². The summed E-state index contributed by atoms with van der Waals surface area (Å²) in [5.74, 6) is -0.177. The minimum absolute atomic E-state index is 0.0749. The third kappa shape index (κ3) is 5.27. The van der Waals surface area contributed by atoms with Crippen molar-refractivity contribution in [3.05, 3.63) is 0 Å². The Balaban J connectivity index is 4.23. The van der Waals surface area contributed by atoms with Gasteiger partial charge in [-0.2, -0.15) is 4.89 Å². The van der Waals surface area contributed by atoms with Crippen LogP contribution in [0.1, 0.15) is 20.8 Å². The van der Waals surface area contributed by atoms with Crippen LogP contribution in [0, 0.1) is 5.92 Å². The van der Waals surface area contributed by atoms with E-state index < -0.39 is 14.1 Å². The van der Waals surface area contributed by atoms with Crippen molar-refractivity contribution in [2.45, 2.75) is 32.9 Å². The maximum absolute atomic E-state index is 11.2. The molecule has 82 valence electrons. The summed E-state index contributed by atoms with van der Waals surface area (Å²) in [7, 11) is -2.23. The van der Waals surface area contributed by atoms with Crippen molar-refractivity contribution >= 4 is 13.9 Å². The highest BCUT2D eigenvalue weighted by Gasteiger charge is 2.26. The second-order valence-electron chi connectivity index (χ2n) is 3.68. The molecule has 4 N–H and O–H groups in total. The van der Waals surface area contributed by atoms with Crippen LogP contribution in [0.4, 0.5) is 0 Å². The van der Waals surface area contributed by atoms with Crippen LogP contribution >= 0.6 is 8.03 Å². The normalized spacial score (nSPS) is 16.3. The van der Waals surface area contributed by atoms with Gasteiger partial charge in [0.1, 0.15) is 0 Å². The molecule has 5 nitrogen and oxygen atoms in total. The minimum atomic E-state index is -2.23. The SMILES string of the molecule is CC(C)C(C[P+](=O)O)NC(=O)[C@H](C)N. The standard InChI is InChI=1S/C8H17N2O3P/c1-5(2)7(4-14(12)13)10-8(11)6(3)9/h5-7H,4,9H2,1-3H3,(H-,10,11,12,13)/p+1/t6-,7?/m0/s1. The van der Waals surface area contributed by atoms with E-state index in [9.17, 15) is 9.36 Å². The molecule has 0 rings (SSSR count). The summed E-state index contributed by atoms with van der Waals surface area (Å²) < 4.78 is 10.6. The van der Waals surface area contributed by atoms with Crippen molar-refractivity contribution in [1.82, 2.24) is 5.32 Å². The van der Waals surface area contributed by atoms with Crippen LogP contribution in [0.3, 0.4) is 0 Å². The summed E-state index contributed by atoms with van der Waals surface area (Å²) in [6, 6.07) is -0.880. The van der Waals surface area contributed by atoms with Gasteiger partial charge in [0.2, 0.25) is 5.91 Å². The average molecular weight is 221 g/mol. The van der Waals surface area contributed by atoms with Crippen LogP contribution in [0.5, 0.6) is 0 Å². The van der Waals surface area contributed by atoms with Gasteiger partial charge in [-0.3, -0.25) is 4.79 Å². The number of carbonyl (C=O) groups is 1. The first-order valence-corrected chi connectivity index (χ1v) is 5.93. The molecule has 14 heavy (non-hydrogen) atoms. The predicted octanol–water partition coefficient (Wildman–Crippen LogP) is 0.209. The number of rotatable bonds is 5. The van der Waals surface area contributed by atoms with Gasteiger partial charge in [0, 0.05) is 0 Å². The Morgan fingerprint density at radius 1 is 1.50 bits per heavy atom. The van der Waals surface area contributed by atoms with Crippen LogP contribution < -0.4 is 11.1 Å². The lowest BCUT2D eigenvalue weighted by atomic mass is 10.1. The molecule has 2 unspecified atom stereocenters. The zero-order valence-electron chi connectivity index (χ0n) is 8.73. The van der Waals surface area contributed by atoms with Crippen LogP contribution in [0.15, 0.2) is 0 Å². The molecule has 0 aromatic carbocycles. The molecular weight excluding hydrogens is 203 g/mol. The first-order chi connectivity index (χ1) is 6.34. The molecule has 3 atom stereocenters. The zero-order chi connectivity index (χ0) is 11.3. The maximum Gasteiger partial charge on any atom is 0.507 e. The molecule has 0 fully saturated rings. The topological polar surface area (TPSA) is 92.4 Å². The molecule has 0 aromatic rings. The second-order valence-corrected chi connectivity index (χ2v) is 4.75. The Kier molecular flexibility index (Phi) is 5.84. The smallest absolute Gasteiger partial charge is 0.347 e. The second kappa shape index (κ2) is 6.06. The van der Waals surface area contributed by atoms with Crippen molar-refractivity contribution < 1.29 is 14.3 Å². The Hall–Kier alpha value is -0.510. The minimum Gasteiger partial charge on any atom is -0.347 e. The molecule has 0 aliphatic heterocycles. The van der Waals surface area contributed by atoms with Crippen molar-refractivity contribution in [2.24, 2.45) is 11.7 Å². The molecule has 0 bridgehead atoms. The molecule has 0 aliphatic rings. The van der Waals surface area contributed by atoms with Crippen LogP contribution in [0.2, 0.25) is 0 Å². The van der Waals surface area contributed by atoms with E-state index in [0.717, 1.165) is 0 Å². The van der Waals surface area contributed by atoms with Crippen LogP contribution in [0.25, 0.3) is 0 Å². The van der Waals surface area contributed by atoms with Crippen LogP contribution in [-0.2, 0) is 9.36 Å². The third-order valence-electron chi connectivity index (χ3n) is 1.90. The first-order valence-electron chi connectivity index (χ1n) is 4.54. The number of hydrogen-bond donors (Lipinski definition) is 3. The largest absolute Gasteiger partial charge is 0.507 e. The first kappa shape index (κ1) is 13.5. The fourth-order valence-corrected chi connectivity index (χ4v) is 1.76. The maximum atomic E-state index is 11.2. The van der Waals surface area contributed by atoms with Crippen molar-refractivity contribution in [2.75, 3.05) is 6.16 Å². The van der Waals surface area contributed by atoms with Gasteiger partial charge in [0.15, 0.2) is 6.16 Å². The van der Waals surface area contributed by atoms with E-state index in [2.05, 4.69) is 5.32 Å². The summed E-state index contributed by atoms with van der Waals surface area (Å²) in [4.78, 5) is 20.0. The highest BCUT2D eigenvalue weighted by molar-refractivity contribution is 7.38. The molecule has 0 spiro atoms. The highest BCUT2D eigenvalue weighted by atomic mass is 31.1. The molecule has 0 aromatic heterocycles. The number of carbonyl (C=O) groups excluding carboxylic acids is 1. The lowest BCUT2D eigenvalue weighted by molar-refractivity contribution is -0.122. The van der Waals surface area contributed by atoms with Gasteiger partial charge in [-0.1, -0.05) is 13.8 Å². The monoisotopic (exact) mass is 221 g/mol. The van der Waals surface area contributed by atoms with Gasteiger partial charge in [-0.05, 0) is 17.4 Å². The Morgan fingerprint density at radius 3 is 2.29 bits per heavy atom. The van der Waals surface area contributed by atoms with Gasteiger partial charge in [-0.25, -0.2) is 0 Å². The van der Waals surface area contributed by atoms with E-state index in [0.29, 0.717) is 0 Å². The van der Waals surface area contributed by atoms with Gasteiger partial charge in [0.25, 0.3) is 0 Å². The summed E-state index contributed by atoms with van der Waals surface area (Å²) in [6.07, 6.45) is 0.0749. The van der Waals surface area contributed by atoms with Crippen molar-refractivity contribution in [1.29, 1.82) is 0 Å². The van der Waals surface area contributed by atoms with Crippen molar-refractivity contribution in [3.8, 4) is 0 Å². The lowest BCUT2D eigenvalue weighted by Crippen LogP contribution is -2.47. The van der Waals surface area contributed by atoms with Gasteiger partial charge in [0.05, 0.1) is 12.1 Å². The summed E-state index contributed by atoms with van der Waals surface area (Å²) in [5, 5.41) is 2.64. The quantitative estimate of drug-likeness (QED) is 0.578. The molecule has 6 heteroatoms. The Labute approximate surface area is 84.9 Å². The highest BCUT2D eigenvalue weighted by Crippen LogP contribution is 2.18. The fourth-order valence-electron chi connectivity index (χ4n) is 0.906. The van der Waals surface area contributed by atoms with Gasteiger partial charge < -0.3 is 11.1 Å². The molecule has 0 heterocycles. The number of nitrogens with one attached hydrogen (secondary N) is 1. The molecule has 0 radical (unpaired) electrons. The van der Waals surface area contributed by atoms with E-state index in [-0.39, 0.29) is 24.0 Å². The van der Waals surface area contributed by atoms with E-state index in [1.165, 1.54) is 0 Å². The van der Waals surface area contributed by atoms with E-state index in [1.54, 1.807) is 6.92 Å². The Morgan fingerprint density at radius 2 is 2.00 bits per heavy atom. The van der Waals surface area contributed by atoms with E-state index in [4.69, 9.17) is 10.6 Å². The molecular formula is C8H18N2O3P+. The summed E-state index contributed by atoms with van der Waals surface area (Å²) in [5.41, 5.74) is 5.37. The molecule has 0 saturated heterocycles. The fraction of sp³-hybridized carbons (Fsp3) is 0.875. The summed E-state index contributed by atoms with van der Waals surface area (Å²) in [6.45, 7) is 5.33. The summed E-state index contributed by atoms with van der Waals surface area (Å²) >= 11 is 0. The van der Waals surface area contributed by atoms with E-state index >= 15 is 0 Å². The predicted molar refractivity (Wildman–Crippen MR) is 55.1 cm³/mol. The van der Waals surface area contributed by atoms with Crippen molar-refractivity contribution in [3.63, 3.8) is 0 Å². The molecule has 0 aliphatic carbocycles. The Bertz CT molecular complexity index is 219. The number of nitrogens with two attached hydrogens (primary N) is 1. The molecule has 1 amide bonds.